The van der Waals surface area contributed by atoms with Crippen LogP contribution in [-0.4, -0.2) is 18.0 Å². The summed E-state index contributed by atoms with van der Waals surface area (Å²) in [5.74, 6) is 0.997. The number of hydrogen-bond donors (Lipinski definition) is 1. The van der Waals surface area contributed by atoms with E-state index in [2.05, 4.69) is 27.4 Å². The lowest BCUT2D eigenvalue weighted by Crippen LogP contribution is -2.51. The third-order valence-corrected chi connectivity index (χ3v) is 6.60. The largest absolute Gasteiger partial charge is 0.392 e. The minimum Gasteiger partial charge on any atom is -0.392 e. The van der Waals surface area contributed by atoms with Crippen LogP contribution in [0.1, 0.15) is 65.7 Å². The molecule has 2 heteroatoms. The molecule has 2 saturated carbocycles. The third-order valence-electron chi connectivity index (χ3n) is 6.60. The molecule has 0 aliphatic heterocycles. The molecule has 0 aromatic rings. The van der Waals surface area contributed by atoms with Gasteiger partial charge in [-0.3, -0.25) is 0 Å². The Kier molecular flexibility index (Phi) is 5.32. The Morgan fingerprint density at radius 3 is 2.77 bits per heavy atom. The molecule has 0 radical (unpaired) electrons. The molecule has 124 valence electrons. The number of rotatable bonds is 5. The van der Waals surface area contributed by atoms with Gasteiger partial charge in [0.2, 0.25) is 0 Å². The maximum absolute atomic E-state index is 11.8. The first-order valence-corrected chi connectivity index (χ1v) is 8.78. The van der Waals surface area contributed by atoms with Crippen molar-refractivity contribution in [3.05, 3.63) is 23.8 Å². The zero-order chi connectivity index (χ0) is 16.4. The molecule has 0 amide bonds. The summed E-state index contributed by atoms with van der Waals surface area (Å²) in [6.07, 6.45) is 10.8. The molecule has 0 unspecified atom stereocenters. The van der Waals surface area contributed by atoms with Crippen molar-refractivity contribution >= 4 is 6.29 Å². The molecule has 2 aliphatic carbocycles. The molecular formula is C20H32O2. The highest BCUT2D eigenvalue weighted by molar-refractivity contribution is 5.60. The van der Waals surface area contributed by atoms with Crippen molar-refractivity contribution in [1.82, 2.24) is 0 Å². The van der Waals surface area contributed by atoms with Gasteiger partial charge < -0.3 is 9.90 Å². The Morgan fingerprint density at radius 1 is 1.41 bits per heavy atom. The Balaban J connectivity index is 2.22. The molecule has 0 aromatic carbocycles. The van der Waals surface area contributed by atoms with Gasteiger partial charge in [-0.25, -0.2) is 0 Å². The summed E-state index contributed by atoms with van der Waals surface area (Å²) in [6.45, 7) is 11.2. The maximum Gasteiger partial charge on any atom is 0.126 e. The Hall–Kier alpha value is -0.890. The molecule has 1 N–H and O–H groups in total. The van der Waals surface area contributed by atoms with Crippen LogP contribution in [0, 0.1) is 22.7 Å². The van der Waals surface area contributed by atoms with Crippen LogP contribution in [0.3, 0.4) is 0 Å². The first-order chi connectivity index (χ1) is 10.4. The van der Waals surface area contributed by atoms with E-state index < -0.39 is 0 Å². The van der Waals surface area contributed by atoms with Crippen LogP contribution in [0.25, 0.3) is 0 Å². The van der Waals surface area contributed by atoms with Crippen molar-refractivity contribution in [3.63, 3.8) is 0 Å². The van der Waals surface area contributed by atoms with Gasteiger partial charge in [-0.05, 0) is 62.7 Å². The van der Waals surface area contributed by atoms with Crippen molar-refractivity contribution in [2.75, 3.05) is 6.61 Å². The Bertz CT molecular complexity index is 464. The fraction of sp³-hybridized carbons (Fsp3) is 0.750. The first-order valence-electron chi connectivity index (χ1n) is 8.78. The van der Waals surface area contributed by atoms with Gasteiger partial charge in [0.1, 0.15) is 6.29 Å². The van der Waals surface area contributed by atoms with Crippen LogP contribution in [-0.2, 0) is 4.79 Å². The predicted molar refractivity (Wildman–Crippen MR) is 91.6 cm³/mol. The number of allylic oxidation sites excluding steroid dienone is 2. The topological polar surface area (TPSA) is 37.3 Å². The number of aldehydes is 1. The van der Waals surface area contributed by atoms with Gasteiger partial charge in [0.25, 0.3) is 0 Å². The van der Waals surface area contributed by atoms with Gasteiger partial charge in [0.05, 0.1) is 6.61 Å². The molecule has 0 heterocycles. The van der Waals surface area contributed by atoms with Crippen LogP contribution in [0.2, 0.25) is 0 Å². The summed E-state index contributed by atoms with van der Waals surface area (Å²) >= 11 is 0. The second kappa shape index (κ2) is 6.70. The highest BCUT2D eigenvalue weighted by atomic mass is 16.2. The lowest BCUT2D eigenvalue weighted by atomic mass is 9.47. The smallest absolute Gasteiger partial charge is 0.126 e. The lowest BCUT2D eigenvalue weighted by Gasteiger charge is -2.57. The second-order valence-electron chi connectivity index (χ2n) is 8.06. The van der Waals surface area contributed by atoms with E-state index in [0.717, 1.165) is 38.5 Å². The quantitative estimate of drug-likeness (QED) is 0.591. The van der Waals surface area contributed by atoms with E-state index in [9.17, 15) is 4.79 Å². The van der Waals surface area contributed by atoms with Gasteiger partial charge in [0, 0.05) is 5.41 Å². The van der Waals surface area contributed by atoms with Crippen LogP contribution < -0.4 is 0 Å². The third kappa shape index (κ3) is 3.08. The maximum atomic E-state index is 11.8. The SMILES string of the molecule is C=C1CC[C@@H]2[C@](C)(CCC[C@]2(C)C=O)[C@H]1CC/C(C)=C/CO. The Labute approximate surface area is 135 Å². The number of fused-ring (bicyclic) bond motifs is 1. The molecule has 2 nitrogen and oxygen atoms in total. The van der Waals surface area contributed by atoms with Crippen LogP contribution in [0.4, 0.5) is 0 Å². The summed E-state index contributed by atoms with van der Waals surface area (Å²) in [6, 6.07) is 0. The average Bonchev–Trinajstić information content (AvgIpc) is 2.46. The van der Waals surface area contributed by atoms with Crippen molar-refractivity contribution in [1.29, 1.82) is 0 Å². The average molecular weight is 304 g/mol. The van der Waals surface area contributed by atoms with E-state index in [-0.39, 0.29) is 17.4 Å². The van der Waals surface area contributed by atoms with Gasteiger partial charge in [-0.15, -0.1) is 0 Å². The minimum atomic E-state index is -0.151. The molecule has 2 fully saturated rings. The molecule has 0 saturated heterocycles. The molecule has 0 bridgehead atoms. The molecule has 22 heavy (non-hydrogen) atoms. The van der Waals surface area contributed by atoms with Crippen LogP contribution in [0.5, 0.6) is 0 Å². The van der Waals surface area contributed by atoms with Gasteiger partial charge in [0.15, 0.2) is 0 Å². The van der Waals surface area contributed by atoms with Crippen molar-refractivity contribution in [2.45, 2.75) is 65.7 Å². The summed E-state index contributed by atoms with van der Waals surface area (Å²) in [5.41, 5.74) is 2.70. The van der Waals surface area contributed by atoms with Crippen molar-refractivity contribution in [3.8, 4) is 0 Å². The molecule has 4 atom stereocenters. The van der Waals surface area contributed by atoms with E-state index >= 15 is 0 Å². The normalized spacial score (nSPS) is 39.5. The predicted octanol–water partition coefficient (Wildman–Crippen LogP) is 4.68. The molecule has 2 rings (SSSR count). The van der Waals surface area contributed by atoms with Gasteiger partial charge in [-0.2, -0.15) is 0 Å². The fourth-order valence-electron chi connectivity index (χ4n) is 5.30. The van der Waals surface area contributed by atoms with Crippen molar-refractivity contribution in [2.24, 2.45) is 22.7 Å². The molecule has 2 aliphatic rings. The number of carbonyl (C=O) groups is 1. The standard InChI is InChI=1S/C20H32O2/c1-15(10-13-21)6-8-17-16(2)7-9-18-19(3,14-22)11-5-12-20(17,18)4/h10,14,17-18,21H,2,5-9,11-13H2,1,3-4H3/b15-10+/t17-,18-,19+,20+/m0/s1. The summed E-state index contributed by atoms with van der Waals surface area (Å²) in [7, 11) is 0. The number of carbonyl (C=O) groups excluding carboxylic acids is 1. The van der Waals surface area contributed by atoms with Crippen LogP contribution in [0.15, 0.2) is 23.8 Å². The lowest BCUT2D eigenvalue weighted by molar-refractivity contribution is -0.130. The van der Waals surface area contributed by atoms with E-state index in [1.54, 1.807) is 0 Å². The monoisotopic (exact) mass is 304 g/mol. The fourth-order valence-corrected chi connectivity index (χ4v) is 5.30. The van der Waals surface area contributed by atoms with Crippen molar-refractivity contribution < 1.29 is 9.90 Å². The molecular weight excluding hydrogens is 272 g/mol. The minimum absolute atomic E-state index is 0.126. The zero-order valence-electron chi connectivity index (χ0n) is 14.5. The molecule has 0 aromatic heterocycles. The summed E-state index contributed by atoms with van der Waals surface area (Å²) in [5, 5.41) is 9.03. The summed E-state index contributed by atoms with van der Waals surface area (Å²) < 4.78 is 0. The summed E-state index contributed by atoms with van der Waals surface area (Å²) in [4.78, 5) is 11.8. The number of hydrogen-bond acceptors (Lipinski definition) is 2. The van der Waals surface area contributed by atoms with E-state index in [4.69, 9.17) is 5.11 Å². The highest BCUT2D eigenvalue weighted by Crippen LogP contribution is 2.61. The highest BCUT2D eigenvalue weighted by Gasteiger charge is 2.54. The van der Waals surface area contributed by atoms with Gasteiger partial charge in [-0.1, -0.05) is 44.1 Å². The van der Waals surface area contributed by atoms with E-state index in [1.807, 2.05) is 6.08 Å². The first kappa shape index (κ1) is 17.5. The number of aliphatic hydroxyl groups is 1. The van der Waals surface area contributed by atoms with E-state index in [0.29, 0.717) is 11.8 Å². The van der Waals surface area contributed by atoms with Gasteiger partial charge >= 0.3 is 0 Å². The molecule has 0 spiro atoms. The second-order valence-corrected chi connectivity index (χ2v) is 8.06. The number of aliphatic hydroxyl groups excluding tert-OH is 1. The Morgan fingerprint density at radius 2 is 2.14 bits per heavy atom. The zero-order valence-corrected chi connectivity index (χ0v) is 14.5. The van der Waals surface area contributed by atoms with Crippen LogP contribution >= 0.6 is 0 Å². The van der Waals surface area contributed by atoms with E-state index in [1.165, 1.54) is 23.9 Å².